The zero-order valence-corrected chi connectivity index (χ0v) is 10.7. The minimum absolute atomic E-state index is 0.0422. The van der Waals surface area contributed by atoms with Gasteiger partial charge in [0.05, 0.1) is 12.0 Å². The number of nitro benzene ring substituents is 1. The summed E-state index contributed by atoms with van der Waals surface area (Å²) in [5, 5.41) is 11.7. The summed E-state index contributed by atoms with van der Waals surface area (Å²) in [7, 11) is 1.60. The fourth-order valence-corrected chi connectivity index (χ4v) is 2.06. The molecule has 1 aromatic heterocycles. The quantitative estimate of drug-likeness (QED) is 0.532. The number of ether oxygens (including phenoxy) is 1. The van der Waals surface area contributed by atoms with Crippen LogP contribution in [-0.2, 0) is 0 Å². The molecule has 1 heterocycles. The number of non-ortho nitro benzene ring substituents is 1. The van der Waals surface area contributed by atoms with Crippen LogP contribution in [0.15, 0.2) is 52.9 Å². The number of nitro groups is 1. The molecule has 0 aliphatic rings. The van der Waals surface area contributed by atoms with Gasteiger partial charge in [0, 0.05) is 23.1 Å². The van der Waals surface area contributed by atoms with Gasteiger partial charge in [-0.15, -0.1) is 0 Å². The van der Waals surface area contributed by atoms with Crippen LogP contribution < -0.4 is 4.74 Å². The number of furan rings is 1. The van der Waals surface area contributed by atoms with Crippen LogP contribution in [0, 0.1) is 10.1 Å². The fraction of sp³-hybridized carbons (Fsp3) is 0.0667. The van der Waals surface area contributed by atoms with Gasteiger partial charge in [-0.25, -0.2) is 0 Å². The Morgan fingerprint density at radius 2 is 2.00 bits per heavy atom. The maximum Gasteiger partial charge on any atom is 0.270 e. The van der Waals surface area contributed by atoms with Crippen LogP contribution >= 0.6 is 0 Å². The molecular weight excluding hydrogens is 258 g/mol. The van der Waals surface area contributed by atoms with Gasteiger partial charge >= 0.3 is 0 Å². The monoisotopic (exact) mass is 269 g/mol. The Balaban J connectivity index is 2.10. The Labute approximate surface area is 114 Å². The SMILES string of the molecule is COc1ccc2oc(-c3cccc([N+](=O)[O-])c3)cc2c1. The first-order valence-corrected chi connectivity index (χ1v) is 6.00. The van der Waals surface area contributed by atoms with Gasteiger partial charge in [0.2, 0.25) is 0 Å². The zero-order valence-electron chi connectivity index (χ0n) is 10.7. The average Bonchev–Trinajstić information content (AvgIpc) is 2.90. The highest BCUT2D eigenvalue weighted by Gasteiger charge is 2.11. The Kier molecular flexibility index (Phi) is 2.87. The minimum Gasteiger partial charge on any atom is -0.497 e. The largest absolute Gasteiger partial charge is 0.497 e. The molecule has 0 unspecified atom stereocenters. The fourth-order valence-electron chi connectivity index (χ4n) is 2.06. The number of rotatable bonds is 3. The van der Waals surface area contributed by atoms with Crippen LogP contribution in [0.25, 0.3) is 22.3 Å². The normalized spacial score (nSPS) is 10.7. The van der Waals surface area contributed by atoms with Gasteiger partial charge in [-0.05, 0) is 24.3 Å². The van der Waals surface area contributed by atoms with Crippen LogP contribution in [0.2, 0.25) is 0 Å². The summed E-state index contributed by atoms with van der Waals surface area (Å²) < 4.78 is 10.9. The first-order valence-electron chi connectivity index (χ1n) is 6.00. The van der Waals surface area contributed by atoms with Gasteiger partial charge in [-0.3, -0.25) is 10.1 Å². The highest BCUT2D eigenvalue weighted by molar-refractivity contribution is 5.84. The van der Waals surface area contributed by atoms with Crippen molar-refractivity contribution in [3.63, 3.8) is 0 Å². The van der Waals surface area contributed by atoms with E-state index in [1.165, 1.54) is 12.1 Å². The molecule has 0 radical (unpaired) electrons. The highest BCUT2D eigenvalue weighted by Crippen LogP contribution is 2.31. The van der Waals surface area contributed by atoms with E-state index in [1.807, 2.05) is 24.3 Å². The first-order chi connectivity index (χ1) is 9.67. The molecule has 0 aliphatic heterocycles. The van der Waals surface area contributed by atoms with Crippen molar-refractivity contribution in [2.75, 3.05) is 7.11 Å². The third-order valence-electron chi connectivity index (χ3n) is 3.06. The molecule has 0 fully saturated rings. The minimum atomic E-state index is -0.421. The summed E-state index contributed by atoms with van der Waals surface area (Å²) in [5.74, 6) is 1.33. The van der Waals surface area contributed by atoms with E-state index < -0.39 is 4.92 Å². The third kappa shape index (κ3) is 2.09. The Morgan fingerprint density at radius 3 is 2.75 bits per heavy atom. The van der Waals surface area contributed by atoms with E-state index in [0.29, 0.717) is 16.9 Å². The van der Waals surface area contributed by atoms with Gasteiger partial charge in [0.1, 0.15) is 17.1 Å². The number of hydrogen-bond donors (Lipinski definition) is 0. The molecule has 0 spiro atoms. The van der Waals surface area contributed by atoms with Crippen molar-refractivity contribution in [2.24, 2.45) is 0 Å². The Bertz CT molecular complexity index is 791. The van der Waals surface area contributed by atoms with E-state index in [0.717, 1.165) is 11.1 Å². The van der Waals surface area contributed by atoms with Gasteiger partial charge in [-0.1, -0.05) is 12.1 Å². The molecule has 0 aliphatic carbocycles. The lowest BCUT2D eigenvalue weighted by molar-refractivity contribution is -0.384. The number of methoxy groups -OCH3 is 1. The molecule has 5 heteroatoms. The number of benzene rings is 2. The molecule has 0 atom stereocenters. The Morgan fingerprint density at radius 1 is 1.15 bits per heavy atom. The first kappa shape index (κ1) is 12.2. The molecule has 5 nitrogen and oxygen atoms in total. The Hall–Kier alpha value is -2.82. The van der Waals surface area contributed by atoms with E-state index >= 15 is 0 Å². The lowest BCUT2D eigenvalue weighted by atomic mass is 10.1. The van der Waals surface area contributed by atoms with Crippen molar-refractivity contribution in [1.82, 2.24) is 0 Å². The molecule has 100 valence electrons. The van der Waals surface area contributed by atoms with E-state index in [9.17, 15) is 10.1 Å². The second kappa shape index (κ2) is 4.70. The molecule has 0 amide bonds. The van der Waals surface area contributed by atoms with Crippen molar-refractivity contribution in [3.8, 4) is 17.1 Å². The van der Waals surface area contributed by atoms with Gasteiger partial charge < -0.3 is 9.15 Å². The highest BCUT2D eigenvalue weighted by atomic mass is 16.6. The second-order valence-electron chi connectivity index (χ2n) is 4.32. The number of nitrogens with zero attached hydrogens (tertiary/aromatic N) is 1. The topological polar surface area (TPSA) is 65.5 Å². The smallest absolute Gasteiger partial charge is 0.270 e. The van der Waals surface area contributed by atoms with E-state index in [1.54, 1.807) is 19.2 Å². The predicted molar refractivity (Wildman–Crippen MR) is 74.9 cm³/mol. The third-order valence-corrected chi connectivity index (χ3v) is 3.06. The molecule has 0 saturated carbocycles. The van der Waals surface area contributed by atoms with E-state index in [4.69, 9.17) is 9.15 Å². The summed E-state index contributed by atoms with van der Waals surface area (Å²) >= 11 is 0. The van der Waals surface area contributed by atoms with Crippen LogP contribution in [0.4, 0.5) is 5.69 Å². The zero-order chi connectivity index (χ0) is 14.1. The van der Waals surface area contributed by atoms with Crippen LogP contribution in [0.3, 0.4) is 0 Å². The molecule has 0 saturated heterocycles. The van der Waals surface area contributed by atoms with Gasteiger partial charge in [0.15, 0.2) is 0 Å². The summed E-state index contributed by atoms with van der Waals surface area (Å²) in [4.78, 5) is 10.4. The lowest BCUT2D eigenvalue weighted by Gasteiger charge is -1.97. The van der Waals surface area contributed by atoms with Gasteiger partial charge in [0.25, 0.3) is 5.69 Å². The summed E-state index contributed by atoms with van der Waals surface area (Å²) in [6.07, 6.45) is 0. The maximum absolute atomic E-state index is 10.8. The summed E-state index contributed by atoms with van der Waals surface area (Å²) in [5.41, 5.74) is 1.43. The van der Waals surface area contributed by atoms with Crippen molar-refractivity contribution in [2.45, 2.75) is 0 Å². The maximum atomic E-state index is 10.8. The average molecular weight is 269 g/mol. The summed E-state index contributed by atoms with van der Waals surface area (Å²) in [6, 6.07) is 13.7. The molecule has 3 rings (SSSR count). The molecule has 3 aromatic rings. The van der Waals surface area contributed by atoms with Crippen molar-refractivity contribution in [3.05, 3.63) is 58.6 Å². The molecule has 0 N–H and O–H groups in total. The number of fused-ring (bicyclic) bond motifs is 1. The van der Waals surface area contributed by atoms with Crippen LogP contribution in [0.1, 0.15) is 0 Å². The summed E-state index contributed by atoms with van der Waals surface area (Å²) in [6.45, 7) is 0. The standard InChI is InChI=1S/C15H11NO4/c1-19-13-5-6-14-11(8-13)9-15(20-14)10-3-2-4-12(7-10)16(17)18/h2-9H,1H3. The van der Waals surface area contributed by atoms with Crippen molar-refractivity contribution >= 4 is 16.7 Å². The van der Waals surface area contributed by atoms with Crippen LogP contribution in [0.5, 0.6) is 5.75 Å². The predicted octanol–water partition coefficient (Wildman–Crippen LogP) is 4.02. The van der Waals surface area contributed by atoms with Gasteiger partial charge in [-0.2, -0.15) is 0 Å². The lowest BCUT2D eigenvalue weighted by Crippen LogP contribution is -1.87. The molecule has 2 aromatic carbocycles. The van der Waals surface area contributed by atoms with Crippen molar-refractivity contribution < 1.29 is 14.1 Å². The molecule has 20 heavy (non-hydrogen) atoms. The van der Waals surface area contributed by atoms with Crippen molar-refractivity contribution in [1.29, 1.82) is 0 Å². The van der Waals surface area contributed by atoms with Crippen LogP contribution in [-0.4, -0.2) is 12.0 Å². The molecule has 0 bridgehead atoms. The van der Waals surface area contributed by atoms with E-state index in [2.05, 4.69) is 0 Å². The van der Waals surface area contributed by atoms with E-state index in [-0.39, 0.29) is 5.69 Å². The number of hydrogen-bond acceptors (Lipinski definition) is 4. The second-order valence-corrected chi connectivity index (χ2v) is 4.32. The molecular formula is C15H11NO4.